The lowest BCUT2D eigenvalue weighted by Gasteiger charge is -2.04. The third-order valence-corrected chi connectivity index (χ3v) is 1.85. The number of amides is 1. The Hall–Kier alpha value is -2.63. The Labute approximate surface area is 110 Å². The molecule has 0 unspecified atom stereocenters. The van der Waals surface area contributed by atoms with Crippen LogP contribution in [0.2, 0.25) is 0 Å². The number of hydrogen-bond acceptors (Lipinski definition) is 4. The van der Waals surface area contributed by atoms with Gasteiger partial charge < -0.3 is 15.2 Å². The summed E-state index contributed by atoms with van der Waals surface area (Å²) in [5.41, 5.74) is 1.07. The monoisotopic (exact) mass is 265 g/mol. The molecular formula is C13H15NO5. The van der Waals surface area contributed by atoms with Crippen molar-refractivity contribution in [2.45, 2.75) is 6.92 Å². The Bertz CT molecular complexity index is 439. The van der Waals surface area contributed by atoms with E-state index in [9.17, 15) is 9.59 Å². The van der Waals surface area contributed by atoms with E-state index in [0.717, 1.165) is 0 Å². The summed E-state index contributed by atoms with van der Waals surface area (Å²) in [6, 6.07) is 6.45. The van der Waals surface area contributed by atoms with Gasteiger partial charge in [0.15, 0.2) is 0 Å². The molecular weight excluding hydrogens is 250 g/mol. The highest BCUT2D eigenvalue weighted by atomic mass is 16.5. The van der Waals surface area contributed by atoms with Crippen molar-refractivity contribution in [2.75, 3.05) is 11.9 Å². The Balaban J connectivity index is 0.000000982. The molecule has 1 rings (SSSR count). The van der Waals surface area contributed by atoms with E-state index in [1.54, 1.807) is 31.2 Å². The first-order chi connectivity index (χ1) is 9.08. The van der Waals surface area contributed by atoms with Crippen LogP contribution in [0.3, 0.4) is 0 Å². The van der Waals surface area contributed by atoms with Gasteiger partial charge in [-0.2, -0.15) is 0 Å². The molecule has 0 saturated heterocycles. The van der Waals surface area contributed by atoms with E-state index in [1.807, 2.05) is 0 Å². The van der Waals surface area contributed by atoms with E-state index in [0.29, 0.717) is 17.9 Å². The molecule has 1 amide bonds. The third-order valence-electron chi connectivity index (χ3n) is 1.85. The van der Waals surface area contributed by atoms with Crippen molar-refractivity contribution in [1.29, 1.82) is 0 Å². The van der Waals surface area contributed by atoms with Gasteiger partial charge in [-0.05, 0) is 37.3 Å². The molecule has 1 aromatic rings. The van der Waals surface area contributed by atoms with Crippen LogP contribution in [-0.2, 0) is 14.3 Å². The first-order valence-corrected chi connectivity index (χ1v) is 5.37. The number of carboxylic acid groups (broad SMARTS) is 1. The smallest absolute Gasteiger partial charge is 0.338 e. The maximum atomic E-state index is 11.3. The summed E-state index contributed by atoms with van der Waals surface area (Å²) in [4.78, 5) is 30.7. The number of nitrogens with one attached hydrogen (secondary N) is 1. The number of anilines is 1. The van der Waals surface area contributed by atoms with Gasteiger partial charge in [0, 0.05) is 5.69 Å². The molecule has 0 spiro atoms. The summed E-state index contributed by atoms with van der Waals surface area (Å²) < 4.78 is 4.83. The zero-order chi connectivity index (χ0) is 14.7. The topological polar surface area (TPSA) is 92.7 Å². The zero-order valence-electron chi connectivity index (χ0n) is 10.5. The second-order valence-electron chi connectivity index (χ2n) is 3.10. The second kappa shape index (κ2) is 9.41. The average Bonchev–Trinajstić information content (AvgIpc) is 2.40. The van der Waals surface area contributed by atoms with Gasteiger partial charge in [0.25, 0.3) is 6.47 Å². The summed E-state index contributed by atoms with van der Waals surface area (Å²) in [6.07, 6.45) is 1.18. The number of benzene rings is 1. The maximum absolute atomic E-state index is 11.3. The van der Waals surface area contributed by atoms with Crippen LogP contribution in [0.5, 0.6) is 0 Å². The molecule has 0 bridgehead atoms. The van der Waals surface area contributed by atoms with E-state index in [2.05, 4.69) is 11.9 Å². The molecule has 1 aromatic carbocycles. The van der Waals surface area contributed by atoms with Gasteiger partial charge in [-0.3, -0.25) is 9.59 Å². The van der Waals surface area contributed by atoms with Crippen molar-refractivity contribution in [2.24, 2.45) is 0 Å². The van der Waals surface area contributed by atoms with E-state index < -0.39 is 0 Å². The van der Waals surface area contributed by atoms with Crippen molar-refractivity contribution in [3.05, 3.63) is 42.5 Å². The summed E-state index contributed by atoms with van der Waals surface area (Å²) in [5, 5.41) is 9.47. The summed E-state index contributed by atoms with van der Waals surface area (Å²) in [6.45, 7) is 5.18. The fourth-order valence-electron chi connectivity index (χ4n) is 1.10. The Morgan fingerprint density at radius 2 is 1.89 bits per heavy atom. The molecule has 0 atom stereocenters. The Morgan fingerprint density at radius 1 is 1.37 bits per heavy atom. The van der Waals surface area contributed by atoms with Crippen molar-refractivity contribution < 1.29 is 24.2 Å². The molecule has 0 aliphatic rings. The van der Waals surface area contributed by atoms with Crippen LogP contribution in [0.4, 0.5) is 5.69 Å². The highest BCUT2D eigenvalue weighted by molar-refractivity contribution is 5.99. The summed E-state index contributed by atoms with van der Waals surface area (Å²) in [7, 11) is 0. The molecule has 0 aromatic heterocycles. The van der Waals surface area contributed by atoms with Crippen molar-refractivity contribution in [3.63, 3.8) is 0 Å². The highest BCUT2D eigenvalue weighted by Gasteiger charge is 2.05. The van der Waals surface area contributed by atoms with Crippen molar-refractivity contribution in [3.8, 4) is 0 Å². The standard InChI is InChI=1S/C12H13NO3.CH2O2/c1-3-11(14)13-10-7-5-9(6-8-10)12(15)16-4-2;2-1-3/h3,5-8H,1,4H2,2H3,(H,13,14);1H,(H,2,3). The normalized spacial score (nSPS) is 8.47. The zero-order valence-corrected chi connectivity index (χ0v) is 10.5. The van der Waals surface area contributed by atoms with Gasteiger partial charge in [-0.25, -0.2) is 4.79 Å². The van der Waals surface area contributed by atoms with E-state index in [-0.39, 0.29) is 18.3 Å². The van der Waals surface area contributed by atoms with Gasteiger partial charge in [0.05, 0.1) is 12.2 Å². The Morgan fingerprint density at radius 3 is 2.32 bits per heavy atom. The lowest BCUT2D eigenvalue weighted by atomic mass is 10.2. The number of hydrogen-bond donors (Lipinski definition) is 2. The molecule has 102 valence electrons. The predicted octanol–water partition coefficient (Wildman–Crippen LogP) is 1.69. The van der Waals surface area contributed by atoms with Crippen LogP contribution < -0.4 is 5.32 Å². The quantitative estimate of drug-likeness (QED) is 0.491. The van der Waals surface area contributed by atoms with Crippen LogP contribution in [0, 0.1) is 0 Å². The fourth-order valence-corrected chi connectivity index (χ4v) is 1.10. The minimum Gasteiger partial charge on any atom is -0.483 e. The SMILES string of the molecule is C=CC(=O)Nc1ccc(C(=O)OCC)cc1.O=CO. The van der Waals surface area contributed by atoms with Gasteiger partial charge in [0.1, 0.15) is 0 Å². The van der Waals surface area contributed by atoms with Crippen molar-refractivity contribution in [1.82, 2.24) is 0 Å². The van der Waals surface area contributed by atoms with Crippen LogP contribution >= 0.6 is 0 Å². The van der Waals surface area contributed by atoms with Crippen LogP contribution in [0.25, 0.3) is 0 Å². The minimum atomic E-state index is -0.371. The second-order valence-corrected chi connectivity index (χ2v) is 3.10. The largest absolute Gasteiger partial charge is 0.483 e. The number of carbonyl (C=O) groups excluding carboxylic acids is 2. The van der Waals surface area contributed by atoms with Crippen LogP contribution in [0.1, 0.15) is 17.3 Å². The van der Waals surface area contributed by atoms with E-state index >= 15 is 0 Å². The summed E-state index contributed by atoms with van der Waals surface area (Å²) in [5.74, 6) is -0.659. The lowest BCUT2D eigenvalue weighted by Crippen LogP contribution is -2.08. The first-order valence-electron chi connectivity index (χ1n) is 5.37. The predicted molar refractivity (Wildman–Crippen MR) is 69.9 cm³/mol. The average molecular weight is 265 g/mol. The third kappa shape index (κ3) is 6.62. The molecule has 0 aliphatic carbocycles. The number of ether oxygens (including phenoxy) is 1. The van der Waals surface area contributed by atoms with Gasteiger partial charge in [0.2, 0.25) is 5.91 Å². The maximum Gasteiger partial charge on any atom is 0.338 e. The highest BCUT2D eigenvalue weighted by Crippen LogP contribution is 2.10. The lowest BCUT2D eigenvalue weighted by molar-refractivity contribution is -0.122. The molecule has 19 heavy (non-hydrogen) atoms. The molecule has 0 heterocycles. The molecule has 0 fully saturated rings. The van der Waals surface area contributed by atoms with Crippen molar-refractivity contribution >= 4 is 24.0 Å². The van der Waals surface area contributed by atoms with E-state index in [1.165, 1.54) is 6.08 Å². The van der Waals surface area contributed by atoms with Gasteiger partial charge >= 0.3 is 5.97 Å². The van der Waals surface area contributed by atoms with Gasteiger partial charge in [-0.15, -0.1) is 0 Å². The minimum absolute atomic E-state index is 0.250. The van der Waals surface area contributed by atoms with Crippen LogP contribution in [0.15, 0.2) is 36.9 Å². The molecule has 0 saturated carbocycles. The molecule has 2 N–H and O–H groups in total. The van der Waals surface area contributed by atoms with Crippen LogP contribution in [-0.4, -0.2) is 30.1 Å². The molecule has 0 aliphatic heterocycles. The number of esters is 1. The fraction of sp³-hybridized carbons (Fsp3) is 0.154. The number of carbonyl (C=O) groups is 3. The van der Waals surface area contributed by atoms with Gasteiger partial charge in [-0.1, -0.05) is 6.58 Å². The number of rotatable bonds is 4. The Kier molecular flexibility index (Phi) is 8.10. The first kappa shape index (κ1) is 16.4. The molecule has 0 radical (unpaired) electrons. The summed E-state index contributed by atoms with van der Waals surface area (Å²) >= 11 is 0. The molecule has 6 nitrogen and oxygen atoms in total. The molecule has 6 heteroatoms. The van der Waals surface area contributed by atoms with E-state index in [4.69, 9.17) is 14.6 Å².